The summed E-state index contributed by atoms with van der Waals surface area (Å²) in [5.74, 6) is 0.992. The van der Waals surface area contributed by atoms with E-state index in [1.54, 1.807) is 12.1 Å². The lowest BCUT2D eigenvalue weighted by Crippen LogP contribution is -2.34. The van der Waals surface area contributed by atoms with Crippen LogP contribution in [0, 0.1) is 0 Å². The van der Waals surface area contributed by atoms with E-state index in [2.05, 4.69) is 4.72 Å². The lowest BCUT2D eigenvalue weighted by molar-refractivity contribution is 0.171. The van der Waals surface area contributed by atoms with E-state index in [1.165, 1.54) is 12.1 Å². The third-order valence-electron chi connectivity index (χ3n) is 4.18. The lowest BCUT2D eigenvalue weighted by atomic mass is 10.1. The molecule has 2 aromatic rings. The molecule has 8 heteroatoms. The van der Waals surface area contributed by atoms with Crippen molar-refractivity contribution in [2.24, 2.45) is 0 Å². The summed E-state index contributed by atoms with van der Waals surface area (Å²) in [6, 6.07) is 11.8. The maximum atomic E-state index is 12.7. The smallest absolute Gasteiger partial charge is 0.240 e. The van der Waals surface area contributed by atoms with Gasteiger partial charge in [-0.05, 0) is 37.9 Å². The van der Waals surface area contributed by atoms with Gasteiger partial charge in [0.15, 0.2) is 11.5 Å². The Morgan fingerprint density at radius 1 is 1.12 bits per heavy atom. The van der Waals surface area contributed by atoms with E-state index >= 15 is 0 Å². The number of benzene rings is 2. The molecule has 1 heterocycles. The summed E-state index contributed by atoms with van der Waals surface area (Å²) >= 11 is 6.28. The molecule has 0 bridgehead atoms. The molecule has 0 fully saturated rings. The van der Waals surface area contributed by atoms with Crippen LogP contribution in [0.2, 0.25) is 5.02 Å². The van der Waals surface area contributed by atoms with Gasteiger partial charge in [-0.2, -0.15) is 0 Å². The second-order valence-electron chi connectivity index (χ2n) is 6.16. The first-order valence-electron chi connectivity index (χ1n) is 8.18. The van der Waals surface area contributed by atoms with Gasteiger partial charge in [0.1, 0.15) is 13.2 Å². The number of nitrogens with one attached hydrogen (secondary N) is 1. The largest absolute Gasteiger partial charge is 0.486 e. The summed E-state index contributed by atoms with van der Waals surface area (Å²) in [5, 5.41) is 0.602. The van der Waals surface area contributed by atoms with Gasteiger partial charge in [0.2, 0.25) is 10.0 Å². The molecule has 0 aromatic heterocycles. The van der Waals surface area contributed by atoms with Gasteiger partial charge >= 0.3 is 0 Å². The Morgan fingerprint density at radius 2 is 1.81 bits per heavy atom. The highest BCUT2D eigenvalue weighted by atomic mass is 35.5. The Hall–Kier alpha value is -1.80. The van der Waals surface area contributed by atoms with Gasteiger partial charge in [-0.1, -0.05) is 29.8 Å². The van der Waals surface area contributed by atoms with Crippen LogP contribution in [0.4, 0.5) is 0 Å². The fraction of sp³-hybridized carbons (Fsp3) is 0.333. The summed E-state index contributed by atoms with van der Waals surface area (Å²) in [5.41, 5.74) is 0.865. The van der Waals surface area contributed by atoms with Crippen LogP contribution in [0.1, 0.15) is 11.6 Å². The zero-order valence-electron chi connectivity index (χ0n) is 14.6. The Morgan fingerprint density at radius 3 is 2.50 bits per heavy atom. The first-order chi connectivity index (χ1) is 12.4. The molecule has 1 aliphatic rings. The minimum Gasteiger partial charge on any atom is -0.486 e. The topological polar surface area (TPSA) is 67.9 Å². The molecular weight excluding hydrogens is 376 g/mol. The van der Waals surface area contributed by atoms with Crippen LogP contribution < -0.4 is 14.2 Å². The molecule has 1 atom stereocenters. The first kappa shape index (κ1) is 19.0. The van der Waals surface area contributed by atoms with Crippen molar-refractivity contribution in [1.29, 1.82) is 0 Å². The van der Waals surface area contributed by atoms with Crippen molar-refractivity contribution in [3.8, 4) is 11.5 Å². The number of hydrogen-bond donors (Lipinski definition) is 1. The number of sulfonamides is 1. The predicted octanol–water partition coefficient (Wildman–Crippen LogP) is 2.69. The fourth-order valence-corrected chi connectivity index (χ4v) is 4.09. The predicted molar refractivity (Wildman–Crippen MR) is 101 cm³/mol. The van der Waals surface area contributed by atoms with Crippen LogP contribution in [0.25, 0.3) is 0 Å². The van der Waals surface area contributed by atoms with E-state index < -0.39 is 10.0 Å². The molecule has 0 spiro atoms. The number of ether oxygens (including phenoxy) is 2. The van der Waals surface area contributed by atoms with E-state index in [-0.39, 0.29) is 17.5 Å². The molecule has 2 aromatic carbocycles. The van der Waals surface area contributed by atoms with Crippen LogP contribution in [0.5, 0.6) is 11.5 Å². The third-order valence-corrected chi connectivity index (χ3v) is 5.94. The number of rotatable bonds is 6. The highest BCUT2D eigenvalue weighted by Crippen LogP contribution is 2.32. The maximum Gasteiger partial charge on any atom is 0.240 e. The van der Waals surface area contributed by atoms with Crippen molar-refractivity contribution in [2.45, 2.75) is 10.9 Å². The molecule has 6 nitrogen and oxygen atoms in total. The van der Waals surface area contributed by atoms with Crippen molar-refractivity contribution in [1.82, 2.24) is 9.62 Å². The monoisotopic (exact) mass is 396 g/mol. The molecule has 3 rings (SSSR count). The van der Waals surface area contributed by atoms with E-state index in [0.717, 1.165) is 5.56 Å². The van der Waals surface area contributed by atoms with Crippen molar-refractivity contribution in [3.05, 3.63) is 53.1 Å². The molecule has 1 N–H and O–H groups in total. The normalized spacial score (nSPS) is 15.1. The van der Waals surface area contributed by atoms with E-state index in [0.29, 0.717) is 29.7 Å². The third kappa shape index (κ3) is 4.12. The van der Waals surface area contributed by atoms with Crippen LogP contribution in [0.15, 0.2) is 47.4 Å². The molecule has 0 radical (unpaired) electrons. The Bertz CT molecular complexity index is 887. The maximum absolute atomic E-state index is 12.7. The lowest BCUT2D eigenvalue weighted by Gasteiger charge is -2.26. The summed E-state index contributed by atoms with van der Waals surface area (Å²) in [6.07, 6.45) is 0. The van der Waals surface area contributed by atoms with Crippen LogP contribution >= 0.6 is 11.6 Å². The van der Waals surface area contributed by atoms with Crippen LogP contribution in [0.3, 0.4) is 0 Å². The number of halogens is 1. The first-order valence-corrected chi connectivity index (χ1v) is 10.0. The molecule has 0 saturated carbocycles. The molecule has 0 amide bonds. The molecule has 140 valence electrons. The Kier molecular flexibility index (Phi) is 5.72. The summed E-state index contributed by atoms with van der Waals surface area (Å²) < 4.78 is 39.0. The average Bonchev–Trinajstić information content (AvgIpc) is 2.62. The summed E-state index contributed by atoms with van der Waals surface area (Å²) in [4.78, 5) is 2.06. The zero-order valence-corrected chi connectivity index (χ0v) is 16.2. The SMILES string of the molecule is CN(C)C(CNS(=O)(=O)c1ccc2c(c1)OCCO2)c1ccccc1Cl. The van der Waals surface area contributed by atoms with Crippen molar-refractivity contribution in [3.63, 3.8) is 0 Å². The number of nitrogens with zero attached hydrogens (tertiary/aromatic N) is 1. The van der Waals surface area contributed by atoms with Crippen molar-refractivity contribution >= 4 is 21.6 Å². The highest BCUT2D eigenvalue weighted by Gasteiger charge is 2.23. The number of likely N-dealkylation sites (N-methyl/N-ethyl adjacent to an activating group) is 1. The van der Waals surface area contributed by atoms with Crippen LogP contribution in [-0.4, -0.2) is 47.2 Å². The van der Waals surface area contributed by atoms with Crippen LogP contribution in [-0.2, 0) is 10.0 Å². The molecule has 1 aliphatic heterocycles. The molecule has 0 aliphatic carbocycles. The van der Waals surface area contributed by atoms with Gasteiger partial charge < -0.3 is 14.4 Å². The van der Waals surface area contributed by atoms with Gasteiger partial charge in [0.05, 0.1) is 4.90 Å². The van der Waals surface area contributed by atoms with Crippen molar-refractivity contribution < 1.29 is 17.9 Å². The second-order valence-corrected chi connectivity index (χ2v) is 8.33. The summed E-state index contributed by atoms with van der Waals surface area (Å²) in [7, 11) is 0.0641. The fourth-order valence-electron chi connectivity index (χ4n) is 2.78. The summed E-state index contributed by atoms with van der Waals surface area (Å²) in [6.45, 7) is 1.05. The van der Waals surface area contributed by atoms with Gasteiger partial charge in [-0.3, -0.25) is 0 Å². The van der Waals surface area contributed by atoms with Gasteiger partial charge in [0, 0.05) is 23.7 Å². The second kappa shape index (κ2) is 7.84. The highest BCUT2D eigenvalue weighted by molar-refractivity contribution is 7.89. The van der Waals surface area contributed by atoms with E-state index in [9.17, 15) is 8.42 Å². The van der Waals surface area contributed by atoms with Gasteiger partial charge in [-0.15, -0.1) is 0 Å². The van der Waals surface area contributed by atoms with Gasteiger partial charge in [-0.25, -0.2) is 13.1 Å². The average molecular weight is 397 g/mol. The number of hydrogen-bond acceptors (Lipinski definition) is 5. The Balaban J connectivity index is 1.79. The molecule has 26 heavy (non-hydrogen) atoms. The quantitative estimate of drug-likeness (QED) is 0.813. The van der Waals surface area contributed by atoms with Crippen molar-refractivity contribution in [2.75, 3.05) is 33.9 Å². The Labute approximate surface area is 158 Å². The minimum atomic E-state index is -3.70. The molecule has 0 saturated heterocycles. The minimum absolute atomic E-state index is 0.137. The zero-order chi connectivity index (χ0) is 18.7. The molecular formula is C18H21ClN2O4S. The number of fused-ring (bicyclic) bond motifs is 1. The molecule has 1 unspecified atom stereocenters. The standard InChI is InChI=1S/C18H21ClN2O4S/c1-21(2)16(14-5-3-4-6-15(14)19)12-20-26(22,23)13-7-8-17-18(11-13)25-10-9-24-17/h3-8,11,16,20H,9-10,12H2,1-2H3. The van der Waals surface area contributed by atoms with E-state index in [4.69, 9.17) is 21.1 Å². The van der Waals surface area contributed by atoms with E-state index in [1.807, 2.05) is 37.2 Å². The van der Waals surface area contributed by atoms with Gasteiger partial charge in [0.25, 0.3) is 0 Å².